The molecule has 4 heteroatoms. The van der Waals surface area contributed by atoms with Gasteiger partial charge in [0, 0.05) is 38.4 Å². The van der Waals surface area contributed by atoms with E-state index in [0.717, 1.165) is 25.1 Å². The van der Waals surface area contributed by atoms with Gasteiger partial charge in [-0.1, -0.05) is 6.07 Å². The molecule has 0 radical (unpaired) electrons. The number of aromatic nitrogens is 1. The van der Waals surface area contributed by atoms with Crippen LogP contribution in [0.25, 0.3) is 0 Å². The van der Waals surface area contributed by atoms with Crippen molar-refractivity contribution in [3.05, 3.63) is 23.9 Å². The predicted octanol–water partition coefficient (Wildman–Crippen LogP) is 0.621. The molecule has 1 aromatic rings. The largest absolute Gasteiger partial charge is 0.481 e. The second kappa shape index (κ2) is 4.16. The monoisotopic (exact) mass is 208 g/mol. The van der Waals surface area contributed by atoms with Gasteiger partial charge in [0.15, 0.2) is 0 Å². The van der Waals surface area contributed by atoms with Crippen LogP contribution < -0.4 is 10.1 Å². The quantitative estimate of drug-likeness (QED) is 0.787. The molecule has 1 saturated heterocycles. The number of nitrogens with one attached hydrogen (secondary N) is 1. The molecule has 0 aromatic carbocycles. The lowest BCUT2D eigenvalue weighted by atomic mass is 9.89. The maximum atomic E-state index is 5.53. The van der Waals surface area contributed by atoms with Gasteiger partial charge in [0.25, 0.3) is 0 Å². The fraction of sp³-hybridized carbons (Fsp3) is 0.545. The third-order valence-corrected chi connectivity index (χ3v) is 2.88. The van der Waals surface area contributed by atoms with E-state index in [2.05, 4.69) is 10.3 Å². The molecule has 1 aliphatic heterocycles. The number of hydrogen-bond acceptors (Lipinski definition) is 4. The van der Waals surface area contributed by atoms with E-state index in [1.165, 1.54) is 0 Å². The molecule has 0 amide bonds. The second-order valence-electron chi connectivity index (χ2n) is 3.84. The summed E-state index contributed by atoms with van der Waals surface area (Å²) in [4.78, 5) is 4.18. The third kappa shape index (κ3) is 1.96. The van der Waals surface area contributed by atoms with E-state index in [9.17, 15) is 0 Å². The van der Waals surface area contributed by atoms with Crippen molar-refractivity contribution in [2.75, 3.05) is 27.3 Å². The van der Waals surface area contributed by atoms with Gasteiger partial charge in [-0.2, -0.15) is 0 Å². The maximum Gasteiger partial charge on any atom is 0.216 e. The van der Waals surface area contributed by atoms with Gasteiger partial charge in [-0.05, 0) is 6.07 Å². The van der Waals surface area contributed by atoms with Crippen molar-refractivity contribution >= 4 is 0 Å². The zero-order chi connectivity index (χ0) is 10.7. The van der Waals surface area contributed by atoms with Crippen LogP contribution in [0.15, 0.2) is 18.3 Å². The Balaban J connectivity index is 2.15. The van der Waals surface area contributed by atoms with Gasteiger partial charge in [0.05, 0.1) is 12.7 Å². The Morgan fingerprint density at radius 1 is 1.47 bits per heavy atom. The van der Waals surface area contributed by atoms with Crippen molar-refractivity contribution in [2.24, 2.45) is 0 Å². The molecule has 2 heterocycles. The minimum absolute atomic E-state index is 0.0731. The molecule has 1 aromatic heterocycles. The minimum Gasteiger partial charge on any atom is -0.481 e. The van der Waals surface area contributed by atoms with E-state index in [1.54, 1.807) is 20.4 Å². The summed E-state index contributed by atoms with van der Waals surface area (Å²) in [5, 5.41) is 3.22. The Bertz CT molecular complexity index is 332. The highest BCUT2D eigenvalue weighted by molar-refractivity contribution is 5.28. The van der Waals surface area contributed by atoms with Crippen molar-refractivity contribution < 1.29 is 9.47 Å². The van der Waals surface area contributed by atoms with E-state index in [-0.39, 0.29) is 5.60 Å². The molecule has 1 aliphatic rings. The van der Waals surface area contributed by atoms with Gasteiger partial charge in [-0.15, -0.1) is 0 Å². The Morgan fingerprint density at radius 3 is 2.80 bits per heavy atom. The van der Waals surface area contributed by atoms with Crippen molar-refractivity contribution in [1.82, 2.24) is 10.3 Å². The SMILES string of the molecule is COc1ncccc1CC1(OC)CNC1. The zero-order valence-electron chi connectivity index (χ0n) is 9.12. The Hall–Kier alpha value is -1.13. The molecule has 0 aliphatic carbocycles. The van der Waals surface area contributed by atoms with Crippen molar-refractivity contribution in [3.8, 4) is 5.88 Å². The molecule has 15 heavy (non-hydrogen) atoms. The highest BCUT2D eigenvalue weighted by Gasteiger charge is 2.37. The van der Waals surface area contributed by atoms with Gasteiger partial charge in [-0.3, -0.25) is 0 Å². The van der Waals surface area contributed by atoms with Crippen LogP contribution in [0, 0.1) is 0 Å². The highest BCUT2D eigenvalue weighted by Crippen LogP contribution is 2.25. The van der Waals surface area contributed by atoms with Gasteiger partial charge in [0.1, 0.15) is 0 Å². The molecule has 0 atom stereocenters. The van der Waals surface area contributed by atoms with Crippen LogP contribution in [0.5, 0.6) is 5.88 Å². The number of methoxy groups -OCH3 is 2. The van der Waals surface area contributed by atoms with E-state index in [1.807, 2.05) is 12.1 Å². The van der Waals surface area contributed by atoms with Gasteiger partial charge < -0.3 is 14.8 Å². The summed E-state index contributed by atoms with van der Waals surface area (Å²) >= 11 is 0. The first-order valence-electron chi connectivity index (χ1n) is 5.03. The standard InChI is InChI=1S/C11H16N2O2/c1-14-10-9(4-3-5-13-10)6-11(15-2)7-12-8-11/h3-5,12H,6-8H2,1-2H3. The average molecular weight is 208 g/mol. The first-order valence-corrected chi connectivity index (χ1v) is 5.03. The van der Waals surface area contributed by atoms with E-state index < -0.39 is 0 Å². The first kappa shape index (κ1) is 10.4. The van der Waals surface area contributed by atoms with Gasteiger partial charge in [0.2, 0.25) is 5.88 Å². The smallest absolute Gasteiger partial charge is 0.216 e. The van der Waals surface area contributed by atoms with E-state index >= 15 is 0 Å². The van der Waals surface area contributed by atoms with Crippen LogP contribution in [0.3, 0.4) is 0 Å². The Labute approximate surface area is 89.6 Å². The molecule has 0 bridgehead atoms. The molecule has 0 spiro atoms. The van der Waals surface area contributed by atoms with Crippen LogP contribution >= 0.6 is 0 Å². The van der Waals surface area contributed by atoms with Gasteiger partial charge in [-0.25, -0.2) is 4.98 Å². The number of nitrogens with zero attached hydrogens (tertiary/aromatic N) is 1. The molecule has 2 rings (SSSR count). The lowest BCUT2D eigenvalue weighted by Crippen LogP contribution is -2.61. The number of ether oxygens (including phenoxy) is 2. The maximum absolute atomic E-state index is 5.53. The van der Waals surface area contributed by atoms with Crippen LogP contribution in [-0.4, -0.2) is 37.9 Å². The average Bonchev–Trinajstić information content (AvgIpc) is 2.24. The van der Waals surface area contributed by atoms with Gasteiger partial charge >= 0.3 is 0 Å². The first-order chi connectivity index (χ1) is 7.29. The summed E-state index contributed by atoms with van der Waals surface area (Å²) in [7, 11) is 3.40. The highest BCUT2D eigenvalue weighted by atomic mass is 16.5. The molecule has 0 unspecified atom stereocenters. The third-order valence-electron chi connectivity index (χ3n) is 2.88. The minimum atomic E-state index is -0.0731. The fourth-order valence-corrected chi connectivity index (χ4v) is 1.83. The summed E-state index contributed by atoms with van der Waals surface area (Å²) < 4.78 is 10.7. The van der Waals surface area contributed by atoms with Crippen molar-refractivity contribution in [1.29, 1.82) is 0 Å². The van der Waals surface area contributed by atoms with E-state index in [4.69, 9.17) is 9.47 Å². The van der Waals surface area contributed by atoms with Crippen LogP contribution in [-0.2, 0) is 11.2 Å². The van der Waals surface area contributed by atoms with Crippen LogP contribution in [0.2, 0.25) is 0 Å². The summed E-state index contributed by atoms with van der Waals surface area (Å²) in [6.07, 6.45) is 2.58. The van der Waals surface area contributed by atoms with Crippen LogP contribution in [0.1, 0.15) is 5.56 Å². The molecular formula is C11H16N2O2. The number of hydrogen-bond donors (Lipinski definition) is 1. The number of pyridine rings is 1. The molecule has 0 saturated carbocycles. The Morgan fingerprint density at radius 2 is 2.27 bits per heavy atom. The van der Waals surface area contributed by atoms with E-state index in [0.29, 0.717) is 5.88 Å². The second-order valence-corrected chi connectivity index (χ2v) is 3.84. The summed E-state index contributed by atoms with van der Waals surface area (Å²) in [5.41, 5.74) is 1.03. The lowest BCUT2D eigenvalue weighted by molar-refractivity contribution is -0.0506. The predicted molar refractivity (Wildman–Crippen MR) is 57.1 cm³/mol. The lowest BCUT2D eigenvalue weighted by Gasteiger charge is -2.41. The molecule has 4 nitrogen and oxygen atoms in total. The number of rotatable bonds is 4. The molecular weight excluding hydrogens is 192 g/mol. The summed E-state index contributed by atoms with van der Waals surface area (Å²) in [5.74, 6) is 0.695. The molecule has 1 N–H and O–H groups in total. The summed E-state index contributed by atoms with van der Waals surface area (Å²) in [6.45, 7) is 1.78. The van der Waals surface area contributed by atoms with Crippen molar-refractivity contribution in [3.63, 3.8) is 0 Å². The Kier molecular flexibility index (Phi) is 2.88. The molecule has 82 valence electrons. The zero-order valence-corrected chi connectivity index (χ0v) is 9.12. The normalized spacial score (nSPS) is 18.3. The summed E-state index contributed by atoms with van der Waals surface area (Å²) in [6, 6.07) is 3.96. The molecule has 1 fully saturated rings. The fourth-order valence-electron chi connectivity index (χ4n) is 1.83. The van der Waals surface area contributed by atoms with Crippen LogP contribution in [0.4, 0.5) is 0 Å². The topological polar surface area (TPSA) is 43.4 Å². The van der Waals surface area contributed by atoms with Crippen molar-refractivity contribution in [2.45, 2.75) is 12.0 Å².